The zero-order valence-corrected chi connectivity index (χ0v) is 11.2. The molecule has 0 aromatic heterocycles. The molecule has 1 aliphatic heterocycles. The first kappa shape index (κ1) is 11.7. The Labute approximate surface area is 112 Å². The van der Waals surface area contributed by atoms with Crippen LogP contribution in [0.1, 0.15) is 43.0 Å². The standard InChI is InChI=1S/C14H16Cl2O/c15-12-10-6-2-3-7-11(10)17-14(13(12)16)8-4-1-5-9-14/h2-3,6-7,12-13H,1,4-5,8-9H2. The number of ether oxygens (including phenoxy) is 1. The number of halogens is 2. The van der Waals surface area contributed by atoms with Crippen LogP contribution in [0.3, 0.4) is 0 Å². The SMILES string of the molecule is ClC1c2ccccc2OC2(CCCCC2)C1Cl. The Bertz CT molecular complexity index is 412. The van der Waals surface area contributed by atoms with Gasteiger partial charge in [0.25, 0.3) is 0 Å². The van der Waals surface area contributed by atoms with E-state index in [2.05, 4.69) is 0 Å². The van der Waals surface area contributed by atoms with Crippen molar-refractivity contribution in [3.63, 3.8) is 0 Å². The first-order valence-electron chi connectivity index (χ1n) is 6.29. The predicted octanol–water partition coefficient (Wildman–Crippen LogP) is 4.67. The Kier molecular flexibility index (Phi) is 3.00. The zero-order valence-electron chi connectivity index (χ0n) is 9.66. The van der Waals surface area contributed by atoms with E-state index in [1.807, 2.05) is 24.3 Å². The number of alkyl halides is 2. The van der Waals surface area contributed by atoms with E-state index in [1.165, 1.54) is 19.3 Å². The molecule has 3 heteroatoms. The van der Waals surface area contributed by atoms with E-state index in [9.17, 15) is 0 Å². The maximum Gasteiger partial charge on any atom is 0.127 e. The molecule has 1 aromatic carbocycles. The van der Waals surface area contributed by atoms with Gasteiger partial charge in [-0.25, -0.2) is 0 Å². The first-order valence-corrected chi connectivity index (χ1v) is 7.16. The fourth-order valence-corrected chi connectivity index (χ4v) is 3.84. The lowest BCUT2D eigenvalue weighted by Gasteiger charge is -2.46. The highest BCUT2D eigenvalue weighted by Gasteiger charge is 2.48. The number of para-hydroxylation sites is 1. The van der Waals surface area contributed by atoms with Crippen LogP contribution in [0.25, 0.3) is 0 Å². The van der Waals surface area contributed by atoms with Crippen molar-refractivity contribution < 1.29 is 4.74 Å². The van der Waals surface area contributed by atoms with Gasteiger partial charge in [-0.1, -0.05) is 24.6 Å². The predicted molar refractivity (Wildman–Crippen MR) is 71.1 cm³/mol. The van der Waals surface area contributed by atoms with Crippen LogP contribution in [0.4, 0.5) is 0 Å². The molecule has 17 heavy (non-hydrogen) atoms. The summed E-state index contributed by atoms with van der Waals surface area (Å²) in [6.45, 7) is 0. The number of fused-ring (bicyclic) bond motifs is 1. The summed E-state index contributed by atoms with van der Waals surface area (Å²) in [4.78, 5) is 0. The van der Waals surface area contributed by atoms with Crippen LogP contribution in [0.2, 0.25) is 0 Å². The maximum absolute atomic E-state index is 6.57. The lowest BCUT2D eigenvalue weighted by Crippen LogP contribution is -2.50. The van der Waals surface area contributed by atoms with Crippen LogP contribution < -0.4 is 4.74 Å². The average molecular weight is 271 g/mol. The molecule has 1 spiro atoms. The third kappa shape index (κ3) is 1.84. The molecule has 1 heterocycles. The summed E-state index contributed by atoms with van der Waals surface area (Å²) in [6, 6.07) is 8.00. The van der Waals surface area contributed by atoms with Crippen LogP contribution in [-0.2, 0) is 0 Å². The smallest absolute Gasteiger partial charge is 0.127 e. The minimum absolute atomic E-state index is 0.126. The lowest BCUT2D eigenvalue weighted by molar-refractivity contribution is 0.0131. The summed E-state index contributed by atoms with van der Waals surface area (Å²) < 4.78 is 6.23. The van der Waals surface area contributed by atoms with E-state index in [0.29, 0.717) is 0 Å². The van der Waals surface area contributed by atoms with Crippen LogP contribution in [0.15, 0.2) is 24.3 Å². The molecule has 2 atom stereocenters. The quantitative estimate of drug-likeness (QED) is 0.623. The Hall–Kier alpha value is -0.400. The van der Waals surface area contributed by atoms with Crippen molar-refractivity contribution in [2.45, 2.75) is 48.5 Å². The summed E-state index contributed by atoms with van der Waals surface area (Å²) in [5.74, 6) is 0.923. The van der Waals surface area contributed by atoms with Gasteiger partial charge in [-0.15, -0.1) is 23.2 Å². The number of benzene rings is 1. The van der Waals surface area contributed by atoms with Gasteiger partial charge in [-0.05, 0) is 31.7 Å². The van der Waals surface area contributed by atoms with Crippen LogP contribution in [-0.4, -0.2) is 11.0 Å². The van der Waals surface area contributed by atoms with E-state index in [-0.39, 0.29) is 16.4 Å². The third-order valence-corrected chi connectivity index (χ3v) is 5.25. The molecule has 92 valence electrons. The number of hydrogen-bond donors (Lipinski definition) is 0. The summed E-state index contributed by atoms with van der Waals surface area (Å²) in [5, 5.41) is -0.265. The summed E-state index contributed by atoms with van der Waals surface area (Å²) in [6.07, 6.45) is 5.71. The number of rotatable bonds is 0. The second kappa shape index (κ2) is 4.37. The third-order valence-electron chi connectivity index (χ3n) is 3.99. The molecule has 1 aromatic rings. The lowest BCUT2D eigenvalue weighted by atomic mass is 9.78. The van der Waals surface area contributed by atoms with Crippen molar-refractivity contribution in [3.05, 3.63) is 29.8 Å². The highest BCUT2D eigenvalue weighted by atomic mass is 35.5. The van der Waals surface area contributed by atoms with Crippen molar-refractivity contribution in [1.29, 1.82) is 0 Å². The topological polar surface area (TPSA) is 9.23 Å². The van der Waals surface area contributed by atoms with E-state index >= 15 is 0 Å². The molecule has 2 unspecified atom stereocenters. The van der Waals surface area contributed by atoms with Gasteiger partial charge in [0.1, 0.15) is 11.4 Å². The average Bonchev–Trinajstić information content (AvgIpc) is 2.37. The second-order valence-electron chi connectivity index (χ2n) is 5.07. The molecule has 0 amide bonds. The Morgan fingerprint density at radius 2 is 1.76 bits per heavy atom. The van der Waals surface area contributed by atoms with E-state index < -0.39 is 0 Å². The second-order valence-corrected chi connectivity index (χ2v) is 6.01. The minimum atomic E-state index is -0.236. The summed E-state index contributed by atoms with van der Waals surface area (Å²) in [7, 11) is 0. The molecule has 3 rings (SSSR count). The van der Waals surface area contributed by atoms with Gasteiger partial charge in [0.05, 0.1) is 10.8 Å². The van der Waals surface area contributed by atoms with Gasteiger partial charge >= 0.3 is 0 Å². The molecule has 0 radical (unpaired) electrons. The molecule has 1 fully saturated rings. The zero-order chi connectivity index (χ0) is 11.9. The van der Waals surface area contributed by atoms with Crippen LogP contribution in [0.5, 0.6) is 5.75 Å². The molecule has 0 N–H and O–H groups in total. The Morgan fingerprint density at radius 1 is 1.06 bits per heavy atom. The monoisotopic (exact) mass is 270 g/mol. The molecule has 1 aliphatic carbocycles. The first-order chi connectivity index (χ1) is 8.23. The van der Waals surface area contributed by atoms with E-state index in [1.54, 1.807) is 0 Å². The fraction of sp³-hybridized carbons (Fsp3) is 0.571. The molecular weight excluding hydrogens is 255 g/mol. The van der Waals surface area contributed by atoms with Crippen molar-refractivity contribution in [2.75, 3.05) is 0 Å². The van der Waals surface area contributed by atoms with Crippen molar-refractivity contribution in [3.8, 4) is 5.75 Å². The molecule has 2 aliphatic rings. The summed E-state index contributed by atoms with van der Waals surface area (Å²) in [5.41, 5.74) is 0.797. The molecule has 0 bridgehead atoms. The maximum atomic E-state index is 6.57. The van der Waals surface area contributed by atoms with Gasteiger partial charge < -0.3 is 4.74 Å². The molecule has 0 saturated heterocycles. The van der Waals surface area contributed by atoms with Crippen molar-refractivity contribution in [2.24, 2.45) is 0 Å². The Balaban J connectivity index is 2.00. The summed E-state index contributed by atoms with van der Waals surface area (Å²) >= 11 is 13.1. The van der Waals surface area contributed by atoms with Gasteiger partial charge in [-0.2, -0.15) is 0 Å². The minimum Gasteiger partial charge on any atom is -0.485 e. The highest BCUT2D eigenvalue weighted by molar-refractivity contribution is 6.31. The largest absolute Gasteiger partial charge is 0.485 e. The van der Waals surface area contributed by atoms with Crippen molar-refractivity contribution in [1.82, 2.24) is 0 Å². The molecular formula is C14H16Cl2O. The van der Waals surface area contributed by atoms with Gasteiger partial charge in [0.2, 0.25) is 0 Å². The van der Waals surface area contributed by atoms with Gasteiger partial charge in [0.15, 0.2) is 0 Å². The highest BCUT2D eigenvalue weighted by Crippen LogP contribution is 2.50. The molecule has 1 nitrogen and oxygen atoms in total. The molecule has 1 saturated carbocycles. The van der Waals surface area contributed by atoms with Gasteiger partial charge in [-0.3, -0.25) is 0 Å². The van der Waals surface area contributed by atoms with Crippen LogP contribution >= 0.6 is 23.2 Å². The van der Waals surface area contributed by atoms with E-state index in [0.717, 1.165) is 24.2 Å². The number of hydrogen-bond acceptors (Lipinski definition) is 1. The van der Waals surface area contributed by atoms with Crippen molar-refractivity contribution >= 4 is 23.2 Å². The fourth-order valence-electron chi connectivity index (χ4n) is 3.03. The van der Waals surface area contributed by atoms with Crippen LogP contribution in [0, 0.1) is 0 Å². The van der Waals surface area contributed by atoms with Gasteiger partial charge in [0, 0.05) is 5.56 Å². The van der Waals surface area contributed by atoms with E-state index in [4.69, 9.17) is 27.9 Å². The normalized spacial score (nSPS) is 30.7. The Morgan fingerprint density at radius 3 is 2.53 bits per heavy atom.